The van der Waals surface area contributed by atoms with Gasteiger partial charge in [0.15, 0.2) is 0 Å². The zero-order chi connectivity index (χ0) is 18.5. The van der Waals surface area contributed by atoms with Gasteiger partial charge in [-0.05, 0) is 49.4 Å². The number of aromatic nitrogens is 2. The van der Waals surface area contributed by atoms with Crippen molar-refractivity contribution in [1.82, 2.24) is 15.1 Å². The minimum atomic E-state index is 0.379. The van der Waals surface area contributed by atoms with Crippen molar-refractivity contribution in [2.24, 2.45) is 0 Å². The molecule has 4 nitrogen and oxygen atoms in total. The smallest absolute Gasteiger partial charge is 0.119 e. The van der Waals surface area contributed by atoms with Gasteiger partial charge >= 0.3 is 0 Å². The molecule has 1 aliphatic carbocycles. The number of benzene rings is 2. The minimum Gasteiger partial charge on any atom is -0.494 e. The third-order valence-corrected chi connectivity index (χ3v) is 5.22. The van der Waals surface area contributed by atoms with E-state index >= 15 is 0 Å². The largest absolute Gasteiger partial charge is 0.494 e. The Labute approximate surface area is 161 Å². The molecule has 1 aliphatic rings. The fourth-order valence-corrected chi connectivity index (χ4v) is 3.83. The summed E-state index contributed by atoms with van der Waals surface area (Å²) in [5, 5.41) is 8.42. The number of rotatable bonds is 7. The first-order valence-electron chi connectivity index (χ1n) is 9.87. The summed E-state index contributed by atoms with van der Waals surface area (Å²) in [6.45, 7) is 4.42. The molecule has 0 saturated carbocycles. The summed E-state index contributed by atoms with van der Waals surface area (Å²) in [7, 11) is 0. The quantitative estimate of drug-likeness (QED) is 0.673. The van der Waals surface area contributed by atoms with E-state index in [4.69, 9.17) is 9.84 Å². The molecule has 0 fully saturated rings. The molecule has 2 aromatic carbocycles. The molecule has 4 heteroatoms. The SMILES string of the molecule is CCOc1ccc(CN[C@H]2CCCc3c2cnn3Cc2ccccc2)cc1. The van der Waals surface area contributed by atoms with Gasteiger partial charge < -0.3 is 10.1 Å². The fourth-order valence-electron chi connectivity index (χ4n) is 3.83. The first-order valence-corrected chi connectivity index (χ1v) is 9.87. The third-order valence-electron chi connectivity index (χ3n) is 5.22. The van der Waals surface area contributed by atoms with Gasteiger partial charge in [0, 0.05) is 23.8 Å². The van der Waals surface area contributed by atoms with Gasteiger partial charge in [-0.3, -0.25) is 4.68 Å². The summed E-state index contributed by atoms with van der Waals surface area (Å²) in [6.07, 6.45) is 5.55. The molecular formula is C23H27N3O. The van der Waals surface area contributed by atoms with Crippen LogP contribution in [0.1, 0.15) is 48.2 Å². The Kier molecular flexibility index (Phi) is 5.54. The second kappa shape index (κ2) is 8.40. The van der Waals surface area contributed by atoms with Crippen molar-refractivity contribution in [3.05, 3.63) is 83.2 Å². The number of ether oxygens (including phenoxy) is 1. The first-order chi connectivity index (χ1) is 13.3. The number of hydrogen-bond donors (Lipinski definition) is 1. The molecule has 27 heavy (non-hydrogen) atoms. The Bertz CT molecular complexity index is 855. The van der Waals surface area contributed by atoms with Gasteiger partial charge in [-0.15, -0.1) is 0 Å². The molecule has 0 amide bonds. The predicted octanol–water partition coefficient (Wildman–Crippen LogP) is 4.50. The standard InChI is InChI=1S/C23H27N3O/c1-2-27-20-13-11-18(12-14-20)15-24-22-9-6-10-23-21(22)16-25-26(23)17-19-7-4-3-5-8-19/h3-5,7-8,11-14,16,22,24H,2,6,9-10,15,17H2,1H3/t22-/m0/s1. The van der Waals surface area contributed by atoms with Crippen molar-refractivity contribution in [3.63, 3.8) is 0 Å². The summed E-state index contributed by atoms with van der Waals surface area (Å²) in [5.41, 5.74) is 5.33. The van der Waals surface area contributed by atoms with Crippen molar-refractivity contribution in [3.8, 4) is 5.75 Å². The van der Waals surface area contributed by atoms with Crippen LogP contribution in [0.3, 0.4) is 0 Å². The lowest BCUT2D eigenvalue weighted by Crippen LogP contribution is -2.25. The second-order valence-corrected chi connectivity index (χ2v) is 7.09. The molecule has 1 N–H and O–H groups in total. The van der Waals surface area contributed by atoms with E-state index in [-0.39, 0.29) is 0 Å². The molecule has 1 aromatic heterocycles. The molecule has 0 spiro atoms. The first kappa shape index (κ1) is 17.8. The van der Waals surface area contributed by atoms with Gasteiger partial charge in [-0.1, -0.05) is 42.5 Å². The summed E-state index contributed by atoms with van der Waals surface area (Å²) >= 11 is 0. The maximum Gasteiger partial charge on any atom is 0.119 e. The van der Waals surface area contributed by atoms with Crippen LogP contribution in [-0.2, 0) is 19.5 Å². The van der Waals surface area contributed by atoms with Gasteiger partial charge in [0.2, 0.25) is 0 Å². The number of hydrogen-bond acceptors (Lipinski definition) is 3. The summed E-state index contributed by atoms with van der Waals surface area (Å²) < 4.78 is 7.70. The van der Waals surface area contributed by atoms with Crippen molar-refractivity contribution in [2.45, 2.75) is 45.3 Å². The van der Waals surface area contributed by atoms with Crippen molar-refractivity contribution in [1.29, 1.82) is 0 Å². The molecule has 3 aromatic rings. The van der Waals surface area contributed by atoms with Crippen LogP contribution in [0.25, 0.3) is 0 Å². The van der Waals surface area contributed by atoms with E-state index in [9.17, 15) is 0 Å². The molecule has 1 heterocycles. The number of fused-ring (bicyclic) bond motifs is 1. The lowest BCUT2D eigenvalue weighted by atomic mass is 9.92. The van der Waals surface area contributed by atoms with Crippen molar-refractivity contribution in [2.75, 3.05) is 6.61 Å². The summed E-state index contributed by atoms with van der Waals surface area (Å²) in [6, 6.07) is 19.3. The van der Waals surface area contributed by atoms with Crippen LogP contribution < -0.4 is 10.1 Å². The van der Waals surface area contributed by atoms with Crippen LogP contribution in [0, 0.1) is 0 Å². The minimum absolute atomic E-state index is 0.379. The maximum atomic E-state index is 5.52. The highest BCUT2D eigenvalue weighted by molar-refractivity contribution is 5.29. The highest BCUT2D eigenvalue weighted by Gasteiger charge is 2.23. The summed E-state index contributed by atoms with van der Waals surface area (Å²) in [5.74, 6) is 0.934. The third kappa shape index (κ3) is 4.22. The van der Waals surface area contributed by atoms with Gasteiger partial charge in [0.1, 0.15) is 5.75 Å². The Morgan fingerprint density at radius 1 is 1.07 bits per heavy atom. The van der Waals surface area contributed by atoms with E-state index in [1.165, 1.54) is 35.2 Å². The lowest BCUT2D eigenvalue weighted by molar-refractivity contribution is 0.340. The average molecular weight is 361 g/mol. The van der Waals surface area contributed by atoms with E-state index < -0.39 is 0 Å². The molecule has 1 atom stereocenters. The predicted molar refractivity (Wildman–Crippen MR) is 108 cm³/mol. The molecule has 0 aliphatic heterocycles. The second-order valence-electron chi connectivity index (χ2n) is 7.09. The molecule has 0 unspecified atom stereocenters. The topological polar surface area (TPSA) is 39.1 Å². The number of nitrogens with one attached hydrogen (secondary N) is 1. The Hall–Kier alpha value is -2.59. The van der Waals surface area contributed by atoms with Gasteiger partial charge in [-0.2, -0.15) is 5.10 Å². The maximum absolute atomic E-state index is 5.52. The zero-order valence-electron chi connectivity index (χ0n) is 15.9. The Morgan fingerprint density at radius 3 is 2.67 bits per heavy atom. The Morgan fingerprint density at radius 2 is 1.89 bits per heavy atom. The van der Waals surface area contributed by atoms with Crippen LogP contribution in [0.2, 0.25) is 0 Å². The molecule has 4 rings (SSSR count). The molecule has 140 valence electrons. The van der Waals surface area contributed by atoms with E-state index in [1.54, 1.807) is 0 Å². The van der Waals surface area contributed by atoms with Crippen LogP contribution >= 0.6 is 0 Å². The lowest BCUT2D eigenvalue weighted by Gasteiger charge is -2.24. The highest BCUT2D eigenvalue weighted by Crippen LogP contribution is 2.30. The molecular weight excluding hydrogens is 334 g/mol. The van der Waals surface area contributed by atoms with Gasteiger partial charge in [0.25, 0.3) is 0 Å². The van der Waals surface area contributed by atoms with Crippen LogP contribution in [0.4, 0.5) is 0 Å². The van der Waals surface area contributed by atoms with Crippen LogP contribution in [-0.4, -0.2) is 16.4 Å². The van der Waals surface area contributed by atoms with Crippen LogP contribution in [0.5, 0.6) is 5.75 Å². The Balaban J connectivity index is 1.42. The van der Waals surface area contributed by atoms with Crippen LogP contribution in [0.15, 0.2) is 60.8 Å². The van der Waals surface area contributed by atoms with Gasteiger partial charge in [-0.25, -0.2) is 0 Å². The molecule has 0 saturated heterocycles. The molecule has 0 radical (unpaired) electrons. The molecule has 0 bridgehead atoms. The average Bonchev–Trinajstić information content (AvgIpc) is 3.12. The fraction of sp³-hybridized carbons (Fsp3) is 0.348. The van der Waals surface area contributed by atoms with E-state index in [1.807, 2.05) is 19.1 Å². The number of nitrogens with zero attached hydrogens (tertiary/aromatic N) is 2. The van der Waals surface area contributed by atoms with Gasteiger partial charge in [0.05, 0.1) is 19.3 Å². The van der Waals surface area contributed by atoms with E-state index in [2.05, 4.69) is 58.7 Å². The zero-order valence-corrected chi connectivity index (χ0v) is 15.9. The highest BCUT2D eigenvalue weighted by atomic mass is 16.5. The normalized spacial score (nSPS) is 16.1. The van der Waals surface area contributed by atoms with E-state index in [0.29, 0.717) is 12.6 Å². The van der Waals surface area contributed by atoms with Crippen molar-refractivity contribution < 1.29 is 4.74 Å². The summed E-state index contributed by atoms with van der Waals surface area (Å²) in [4.78, 5) is 0. The monoisotopic (exact) mass is 361 g/mol. The van der Waals surface area contributed by atoms with Crippen molar-refractivity contribution >= 4 is 0 Å². The van der Waals surface area contributed by atoms with E-state index in [0.717, 1.165) is 25.3 Å².